The third kappa shape index (κ3) is 2.28. The summed E-state index contributed by atoms with van der Waals surface area (Å²) in [5.41, 5.74) is 1.29. The highest BCUT2D eigenvalue weighted by molar-refractivity contribution is 6.20. The van der Waals surface area contributed by atoms with Gasteiger partial charge in [-0.15, -0.1) is 11.6 Å². The van der Waals surface area contributed by atoms with Crippen LogP contribution in [-0.4, -0.2) is 39.7 Å². The lowest BCUT2D eigenvalue weighted by molar-refractivity contribution is 0.341. The molecule has 3 nitrogen and oxygen atoms in total. The molecule has 0 radical (unpaired) electrons. The summed E-state index contributed by atoms with van der Waals surface area (Å²) in [4.78, 5) is 2.42. The minimum Gasteiger partial charge on any atom is -0.301 e. The third-order valence-electron chi connectivity index (χ3n) is 2.82. The lowest BCUT2D eigenvalue weighted by atomic mass is 10.3. The average Bonchev–Trinajstić information content (AvgIpc) is 2.72. The van der Waals surface area contributed by atoms with Crippen LogP contribution in [0, 0.1) is 0 Å². The minimum atomic E-state index is 0.363. The van der Waals surface area contributed by atoms with E-state index in [2.05, 4.69) is 16.1 Å². The molecule has 2 rings (SSSR count). The van der Waals surface area contributed by atoms with Crippen molar-refractivity contribution in [2.24, 2.45) is 7.05 Å². The Morgan fingerprint density at radius 3 is 3.07 bits per heavy atom. The smallest absolute Gasteiger partial charge is 0.0492 e. The van der Waals surface area contributed by atoms with E-state index in [1.54, 1.807) is 0 Å². The third-order valence-corrected chi connectivity index (χ3v) is 3.18. The highest BCUT2D eigenvalue weighted by Gasteiger charge is 2.19. The first-order valence-electron chi connectivity index (χ1n) is 5.09. The molecule has 1 aliphatic heterocycles. The van der Waals surface area contributed by atoms with Gasteiger partial charge < -0.3 is 4.90 Å². The van der Waals surface area contributed by atoms with Gasteiger partial charge in [0.15, 0.2) is 0 Å². The zero-order valence-corrected chi connectivity index (χ0v) is 9.24. The fourth-order valence-electron chi connectivity index (χ4n) is 1.91. The van der Waals surface area contributed by atoms with Gasteiger partial charge in [-0.05, 0) is 19.0 Å². The summed E-state index contributed by atoms with van der Waals surface area (Å²) in [6.07, 6.45) is 4.05. The van der Waals surface area contributed by atoms with Crippen LogP contribution in [-0.2, 0) is 13.5 Å². The molecular formula is C10H16ClN3. The molecule has 1 fully saturated rings. The molecule has 1 saturated heterocycles. The molecule has 1 aliphatic rings. The maximum atomic E-state index is 6.04. The second kappa shape index (κ2) is 4.32. The molecule has 0 aromatic carbocycles. The summed E-state index contributed by atoms with van der Waals surface area (Å²) in [6.45, 7) is 3.29. The van der Waals surface area contributed by atoms with Gasteiger partial charge in [0.05, 0.1) is 0 Å². The lowest BCUT2D eigenvalue weighted by Gasteiger charge is -2.14. The van der Waals surface area contributed by atoms with Gasteiger partial charge in [-0.1, -0.05) is 0 Å². The van der Waals surface area contributed by atoms with Crippen molar-refractivity contribution in [3.8, 4) is 0 Å². The van der Waals surface area contributed by atoms with Gasteiger partial charge in [-0.3, -0.25) is 4.68 Å². The molecule has 0 amide bonds. The zero-order valence-electron chi connectivity index (χ0n) is 8.49. The Kier molecular flexibility index (Phi) is 3.08. The SMILES string of the molecule is Cn1nccc1CCN1CCC(Cl)C1. The van der Waals surface area contributed by atoms with Gasteiger partial charge >= 0.3 is 0 Å². The molecule has 1 atom stereocenters. The van der Waals surface area contributed by atoms with Gasteiger partial charge in [-0.2, -0.15) is 5.10 Å². The van der Waals surface area contributed by atoms with Crippen LogP contribution in [0.1, 0.15) is 12.1 Å². The van der Waals surface area contributed by atoms with Crippen molar-refractivity contribution in [3.05, 3.63) is 18.0 Å². The van der Waals surface area contributed by atoms with Crippen molar-refractivity contribution >= 4 is 11.6 Å². The maximum Gasteiger partial charge on any atom is 0.0492 e. The van der Waals surface area contributed by atoms with E-state index < -0.39 is 0 Å². The Labute approximate surface area is 89.7 Å². The molecule has 4 heteroatoms. The van der Waals surface area contributed by atoms with Crippen molar-refractivity contribution < 1.29 is 0 Å². The van der Waals surface area contributed by atoms with Gasteiger partial charge in [0, 0.05) is 43.8 Å². The average molecular weight is 214 g/mol. The molecule has 78 valence electrons. The van der Waals surface area contributed by atoms with Gasteiger partial charge in [0.25, 0.3) is 0 Å². The van der Waals surface area contributed by atoms with Crippen LogP contribution in [0.2, 0.25) is 0 Å². The minimum absolute atomic E-state index is 0.363. The summed E-state index contributed by atoms with van der Waals surface area (Å²) in [6, 6.07) is 2.08. The molecule has 1 aromatic heterocycles. The van der Waals surface area contributed by atoms with Crippen molar-refractivity contribution in [2.75, 3.05) is 19.6 Å². The molecule has 2 heterocycles. The summed E-state index contributed by atoms with van der Waals surface area (Å²) < 4.78 is 1.94. The predicted molar refractivity (Wildman–Crippen MR) is 57.6 cm³/mol. The van der Waals surface area contributed by atoms with Crippen LogP contribution >= 0.6 is 11.6 Å². The monoisotopic (exact) mass is 213 g/mol. The number of likely N-dealkylation sites (tertiary alicyclic amines) is 1. The number of nitrogens with zero attached hydrogens (tertiary/aromatic N) is 3. The largest absolute Gasteiger partial charge is 0.301 e. The number of aryl methyl sites for hydroxylation is 1. The molecule has 0 bridgehead atoms. The molecule has 0 spiro atoms. The zero-order chi connectivity index (χ0) is 9.97. The highest BCUT2D eigenvalue weighted by Crippen LogP contribution is 2.14. The molecule has 1 aromatic rings. The first-order valence-corrected chi connectivity index (χ1v) is 5.52. The van der Waals surface area contributed by atoms with Gasteiger partial charge in [0.2, 0.25) is 0 Å². The van der Waals surface area contributed by atoms with E-state index in [0.29, 0.717) is 5.38 Å². The van der Waals surface area contributed by atoms with E-state index in [4.69, 9.17) is 11.6 Å². The number of alkyl halides is 1. The van der Waals surface area contributed by atoms with Crippen LogP contribution in [0.15, 0.2) is 12.3 Å². The first-order chi connectivity index (χ1) is 6.75. The van der Waals surface area contributed by atoms with Crippen LogP contribution in [0.5, 0.6) is 0 Å². The second-order valence-corrected chi connectivity index (χ2v) is 4.50. The Morgan fingerprint density at radius 2 is 2.50 bits per heavy atom. The van der Waals surface area contributed by atoms with Crippen LogP contribution in [0.3, 0.4) is 0 Å². The molecular weight excluding hydrogens is 198 g/mol. The molecule has 0 saturated carbocycles. The van der Waals surface area contributed by atoms with Crippen LogP contribution in [0.25, 0.3) is 0 Å². The summed E-state index contributed by atoms with van der Waals surface area (Å²) in [7, 11) is 1.99. The number of hydrogen-bond donors (Lipinski definition) is 0. The van der Waals surface area contributed by atoms with Crippen molar-refractivity contribution in [1.82, 2.24) is 14.7 Å². The van der Waals surface area contributed by atoms with E-state index in [0.717, 1.165) is 32.5 Å². The number of rotatable bonds is 3. The molecule has 1 unspecified atom stereocenters. The first kappa shape index (κ1) is 9.99. The second-order valence-electron chi connectivity index (χ2n) is 3.88. The number of aromatic nitrogens is 2. The van der Waals surface area contributed by atoms with E-state index in [9.17, 15) is 0 Å². The quantitative estimate of drug-likeness (QED) is 0.706. The highest BCUT2D eigenvalue weighted by atomic mass is 35.5. The standard InChI is InChI=1S/C10H16ClN3/c1-13-10(2-5-12-13)4-7-14-6-3-9(11)8-14/h2,5,9H,3-4,6-8H2,1H3. The molecule has 14 heavy (non-hydrogen) atoms. The van der Waals surface area contributed by atoms with E-state index in [-0.39, 0.29) is 0 Å². The Bertz CT molecular complexity index is 297. The Morgan fingerprint density at radius 1 is 1.64 bits per heavy atom. The Hall–Kier alpha value is -0.540. The van der Waals surface area contributed by atoms with Gasteiger partial charge in [-0.25, -0.2) is 0 Å². The fourth-order valence-corrected chi connectivity index (χ4v) is 2.20. The van der Waals surface area contributed by atoms with E-state index >= 15 is 0 Å². The van der Waals surface area contributed by atoms with Crippen LogP contribution < -0.4 is 0 Å². The lowest BCUT2D eigenvalue weighted by Crippen LogP contribution is -2.24. The predicted octanol–water partition coefficient (Wildman–Crippen LogP) is 1.28. The maximum absolute atomic E-state index is 6.04. The normalized spacial score (nSPS) is 23.1. The number of hydrogen-bond acceptors (Lipinski definition) is 2. The molecule has 0 N–H and O–H groups in total. The topological polar surface area (TPSA) is 21.1 Å². The summed E-state index contributed by atoms with van der Waals surface area (Å²) in [5.74, 6) is 0. The van der Waals surface area contributed by atoms with Crippen molar-refractivity contribution in [1.29, 1.82) is 0 Å². The fraction of sp³-hybridized carbons (Fsp3) is 0.700. The van der Waals surface area contributed by atoms with Crippen molar-refractivity contribution in [2.45, 2.75) is 18.2 Å². The number of halogens is 1. The summed E-state index contributed by atoms with van der Waals surface area (Å²) in [5, 5.41) is 4.51. The van der Waals surface area contributed by atoms with Crippen LogP contribution in [0.4, 0.5) is 0 Å². The summed E-state index contributed by atoms with van der Waals surface area (Å²) >= 11 is 6.04. The van der Waals surface area contributed by atoms with Crippen molar-refractivity contribution in [3.63, 3.8) is 0 Å². The van der Waals surface area contributed by atoms with Gasteiger partial charge in [0.1, 0.15) is 0 Å². The van der Waals surface area contributed by atoms with E-state index in [1.807, 2.05) is 17.9 Å². The molecule has 0 aliphatic carbocycles. The Balaban J connectivity index is 1.80. The van der Waals surface area contributed by atoms with E-state index in [1.165, 1.54) is 5.69 Å².